The van der Waals surface area contributed by atoms with Gasteiger partial charge in [-0.1, -0.05) is 23.5 Å². The Morgan fingerprint density at radius 3 is 2.74 bits per heavy atom. The Kier molecular flexibility index (Phi) is 2.32. The molecule has 0 bridgehead atoms. The monoisotopic (exact) mass is 271 g/mol. The summed E-state index contributed by atoms with van der Waals surface area (Å²) in [4.78, 5) is 0.896. The molecule has 1 saturated carbocycles. The Bertz CT molecular complexity index is 723. The molecule has 4 rings (SSSR count). The van der Waals surface area contributed by atoms with Crippen molar-refractivity contribution in [3.63, 3.8) is 0 Å². The third-order valence-corrected chi connectivity index (χ3v) is 4.23. The fourth-order valence-corrected chi connectivity index (χ4v) is 3.02. The van der Waals surface area contributed by atoms with E-state index in [0.717, 1.165) is 27.9 Å². The molecule has 0 spiro atoms. The molecule has 0 saturated heterocycles. The molecule has 0 radical (unpaired) electrons. The van der Waals surface area contributed by atoms with Gasteiger partial charge in [0.15, 0.2) is 5.82 Å². The average Bonchev–Trinajstić information content (AvgIpc) is 3.05. The summed E-state index contributed by atoms with van der Waals surface area (Å²) in [5.74, 6) is 1.59. The maximum atomic E-state index is 5.69. The van der Waals surface area contributed by atoms with E-state index in [1.165, 1.54) is 18.4 Å². The summed E-state index contributed by atoms with van der Waals surface area (Å²) in [5, 5.41) is 14.1. The molecule has 2 heterocycles. The first kappa shape index (κ1) is 10.9. The highest BCUT2D eigenvalue weighted by atomic mass is 32.1. The normalized spacial score (nSPS) is 15.2. The van der Waals surface area contributed by atoms with Crippen molar-refractivity contribution in [3.05, 3.63) is 40.7 Å². The molecule has 0 unspecified atom stereocenters. The molecule has 6 heteroatoms. The van der Waals surface area contributed by atoms with Crippen LogP contribution in [0.5, 0.6) is 0 Å². The largest absolute Gasteiger partial charge is 0.399 e. The van der Waals surface area contributed by atoms with Crippen LogP contribution in [-0.2, 0) is 6.42 Å². The first-order valence-electron chi connectivity index (χ1n) is 6.35. The quantitative estimate of drug-likeness (QED) is 0.742. The second kappa shape index (κ2) is 4.03. The summed E-state index contributed by atoms with van der Waals surface area (Å²) in [6.45, 7) is 0. The molecule has 2 aromatic heterocycles. The fraction of sp³-hybridized carbons (Fsp3) is 0.308. The number of hydrogen-bond donors (Lipinski definition) is 1. The number of rotatable bonds is 3. The van der Waals surface area contributed by atoms with Crippen LogP contribution in [0.1, 0.15) is 35.2 Å². The van der Waals surface area contributed by atoms with Crippen molar-refractivity contribution in [3.8, 4) is 0 Å². The van der Waals surface area contributed by atoms with Gasteiger partial charge in [0.05, 0.1) is 0 Å². The zero-order chi connectivity index (χ0) is 12.8. The predicted molar refractivity (Wildman–Crippen MR) is 74.3 cm³/mol. The Labute approximate surface area is 114 Å². The van der Waals surface area contributed by atoms with E-state index in [1.54, 1.807) is 11.3 Å². The molecule has 19 heavy (non-hydrogen) atoms. The number of anilines is 1. The van der Waals surface area contributed by atoms with Crippen LogP contribution in [0.2, 0.25) is 0 Å². The Balaban J connectivity index is 1.65. The average molecular weight is 271 g/mol. The van der Waals surface area contributed by atoms with Crippen molar-refractivity contribution >= 4 is 22.0 Å². The van der Waals surface area contributed by atoms with Crippen molar-refractivity contribution in [2.24, 2.45) is 0 Å². The lowest BCUT2D eigenvalue weighted by molar-refractivity contribution is 0.809. The number of fused-ring (bicyclic) bond motifs is 1. The van der Waals surface area contributed by atoms with Gasteiger partial charge < -0.3 is 5.73 Å². The lowest BCUT2D eigenvalue weighted by Gasteiger charge is -1.98. The second-order valence-electron chi connectivity index (χ2n) is 4.94. The maximum absolute atomic E-state index is 5.69. The van der Waals surface area contributed by atoms with Crippen LogP contribution in [0.3, 0.4) is 0 Å². The van der Waals surface area contributed by atoms with Crippen LogP contribution in [0, 0.1) is 0 Å². The van der Waals surface area contributed by atoms with Gasteiger partial charge in [0.2, 0.25) is 4.96 Å². The summed E-state index contributed by atoms with van der Waals surface area (Å²) in [6, 6.07) is 7.93. The molecule has 1 aliphatic carbocycles. The lowest BCUT2D eigenvalue weighted by Crippen LogP contribution is -1.95. The summed E-state index contributed by atoms with van der Waals surface area (Å²) in [7, 11) is 0. The Morgan fingerprint density at radius 2 is 2.00 bits per heavy atom. The third-order valence-electron chi connectivity index (χ3n) is 3.33. The summed E-state index contributed by atoms with van der Waals surface area (Å²) >= 11 is 1.61. The number of aromatic nitrogens is 4. The van der Waals surface area contributed by atoms with Gasteiger partial charge >= 0.3 is 0 Å². The standard InChI is InChI=1S/C13H13N5S/c14-10-5-1-8(2-6-10)7-11-17-18-12(9-3-4-9)15-16-13(18)19-11/h1-2,5-6,9H,3-4,7,14H2. The number of benzene rings is 1. The van der Waals surface area contributed by atoms with Crippen molar-refractivity contribution in [1.82, 2.24) is 19.8 Å². The number of nitrogen functional groups attached to an aromatic ring is 1. The van der Waals surface area contributed by atoms with Crippen LogP contribution in [0.15, 0.2) is 24.3 Å². The van der Waals surface area contributed by atoms with Gasteiger partial charge in [-0.3, -0.25) is 0 Å². The minimum Gasteiger partial charge on any atom is -0.399 e. The Morgan fingerprint density at radius 1 is 1.21 bits per heavy atom. The molecule has 2 N–H and O–H groups in total. The molecule has 0 atom stereocenters. The molecule has 0 amide bonds. The summed E-state index contributed by atoms with van der Waals surface area (Å²) in [5.41, 5.74) is 7.69. The molecule has 1 aromatic carbocycles. The summed E-state index contributed by atoms with van der Waals surface area (Å²) < 4.78 is 1.91. The second-order valence-corrected chi connectivity index (χ2v) is 5.98. The first-order chi connectivity index (χ1) is 9.29. The van der Waals surface area contributed by atoms with Crippen LogP contribution >= 0.6 is 11.3 Å². The van der Waals surface area contributed by atoms with Crippen molar-refractivity contribution in [2.75, 3.05) is 5.73 Å². The molecular formula is C13H13N5S. The zero-order valence-corrected chi connectivity index (χ0v) is 11.1. The van der Waals surface area contributed by atoms with Gasteiger partial charge in [-0.05, 0) is 30.5 Å². The summed E-state index contributed by atoms with van der Waals surface area (Å²) in [6.07, 6.45) is 3.25. The van der Waals surface area contributed by atoms with E-state index < -0.39 is 0 Å². The van der Waals surface area contributed by atoms with E-state index in [9.17, 15) is 0 Å². The van der Waals surface area contributed by atoms with E-state index in [2.05, 4.69) is 15.3 Å². The van der Waals surface area contributed by atoms with Crippen LogP contribution in [-0.4, -0.2) is 19.8 Å². The smallest absolute Gasteiger partial charge is 0.234 e. The number of nitrogens with two attached hydrogens (primary N) is 1. The predicted octanol–water partition coefficient (Wildman–Crippen LogP) is 2.24. The van der Waals surface area contributed by atoms with Crippen LogP contribution in [0.4, 0.5) is 5.69 Å². The first-order valence-corrected chi connectivity index (χ1v) is 7.17. The van der Waals surface area contributed by atoms with Crippen molar-refractivity contribution in [2.45, 2.75) is 25.2 Å². The van der Waals surface area contributed by atoms with Gasteiger partial charge in [0, 0.05) is 18.0 Å². The van der Waals surface area contributed by atoms with Gasteiger partial charge in [-0.2, -0.15) is 9.61 Å². The van der Waals surface area contributed by atoms with E-state index in [1.807, 2.05) is 28.8 Å². The molecule has 1 aliphatic rings. The Hall–Kier alpha value is -1.95. The SMILES string of the molecule is Nc1ccc(Cc2nn3c(C4CC4)nnc3s2)cc1. The van der Waals surface area contributed by atoms with Gasteiger partial charge in [-0.25, -0.2) is 0 Å². The van der Waals surface area contributed by atoms with Crippen LogP contribution in [0.25, 0.3) is 4.96 Å². The molecular weight excluding hydrogens is 258 g/mol. The number of hydrogen-bond acceptors (Lipinski definition) is 5. The van der Waals surface area contributed by atoms with Gasteiger partial charge in [0.1, 0.15) is 5.01 Å². The van der Waals surface area contributed by atoms with Crippen molar-refractivity contribution < 1.29 is 0 Å². The molecule has 5 nitrogen and oxygen atoms in total. The topological polar surface area (TPSA) is 69.1 Å². The highest BCUT2D eigenvalue weighted by Gasteiger charge is 2.29. The number of nitrogens with zero attached hydrogens (tertiary/aromatic N) is 4. The van der Waals surface area contributed by atoms with Gasteiger partial charge in [-0.15, -0.1) is 10.2 Å². The molecule has 3 aromatic rings. The zero-order valence-electron chi connectivity index (χ0n) is 10.3. The van der Waals surface area contributed by atoms with E-state index in [-0.39, 0.29) is 0 Å². The molecule has 96 valence electrons. The fourth-order valence-electron chi connectivity index (χ4n) is 2.15. The molecule has 1 fully saturated rings. The molecule has 0 aliphatic heterocycles. The van der Waals surface area contributed by atoms with E-state index in [4.69, 9.17) is 5.73 Å². The van der Waals surface area contributed by atoms with E-state index >= 15 is 0 Å². The minimum atomic E-state index is 0.571. The van der Waals surface area contributed by atoms with E-state index in [0.29, 0.717) is 5.92 Å². The highest BCUT2D eigenvalue weighted by molar-refractivity contribution is 7.16. The highest BCUT2D eigenvalue weighted by Crippen LogP contribution is 2.39. The van der Waals surface area contributed by atoms with Gasteiger partial charge in [0.25, 0.3) is 0 Å². The lowest BCUT2D eigenvalue weighted by atomic mass is 10.1. The van der Waals surface area contributed by atoms with Crippen LogP contribution < -0.4 is 5.73 Å². The minimum absolute atomic E-state index is 0.571. The third kappa shape index (κ3) is 1.98. The maximum Gasteiger partial charge on any atom is 0.234 e. The van der Waals surface area contributed by atoms with Crippen molar-refractivity contribution in [1.29, 1.82) is 0 Å².